The van der Waals surface area contributed by atoms with Gasteiger partial charge in [-0.05, 0) is 45.3 Å². The lowest BCUT2D eigenvalue weighted by atomic mass is 10.2. The molecule has 33 heavy (non-hydrogen) atoms. The summed E-state index contributed by atoms with van der Waals surface area (Å²) in [6, 6.07) is 3.35. The van der Waals surface area contributed by atoms with E-state index in [-0.39, 0.29) is 11.5 Å². The van der Waals surface area contributed by atoms with E-state index in [1.165, 1.54) is 19.1 Å². The summed E-state index contributed by atoms with van der Waals surface area (Å²) < 4.78 is 38.7. The number of amides is 1. The lowest BCUT2D eigenvalue weighted by Gasteiger charge is -2.20. The summed E-state index contributed by atoms with van der Waals surface area (Å²) in [5.74, 6) is -1.53. The van der Waals surface area contributed by atoms with Crippen LogP contribution in [0.4, 0.5) is 13.2 Å². The van der Waals surface area contributed by atoms with E-state index in [4.69, 9.17) is 19.3 Å². The number of alkyl halides is 3. The van der Waals surface area contributed by atoms with Crippen molar-refractivity contribution in [2.45, 2.75) is 52.0 Å². The van der Waals surface area contributed by atoms with Crippen LogP contribution in [-0.2, 0) is 24.4 Å². The highest BCUT2D eigenvalue weighted by molar-refractivity contribution is 5.95. The van der Waals surface area contributed by atoms with Crippen molar-refractivity contribution in [2.24, 2.45) is 0 Å². The summed E-state index contributed by atoms with van der Waals surface area (Å²) >= 11 is 0. The fourth-order valence-corrected chi connectivity index (χ4v) is 3.84. The Hall–Kier alpha value is -3.15. The number of carboxylic acids is 1. The summed E-state index contributed by atoms with van der Waals surface area (Å²) in [4.78, 5) is 43.1. The van der Waals surface area contributed by atoms with Crippen LogP contribution in [0.25, 0.3) is 0 Å². The zero-order valence-corrected chi connectivity index (χ0v) is 18.1. The molecule has 4 heterocycles. The van der Waals surface area contributed by atoms with Crippen LogP contribution in [0.5, 0.6) is 0 Å². The second-order valence-corrected chi connectivity index (χ2v) is 7.91. The number of fused-ring (bicyclic) bond motifs is 1. The smallest absolute Gasteiger partial charge is 0.475 e. The minimum Gasteiger partial charge on any atom is -0.475 e. The number of likely N-dealkylation sites (tertiary alicyclic amines) is 1. The van der Waals surface area contributed by atoms with Crippen molar-refractivity contribution >= 4 is 11.9 Å². The van der Waals surface area contributed by atoms with Crippen LogP contribution >= 0.6 is 0 Å². The van der Waals surface area contributed by atoms with Gasteiger partial charge in [-0.2, -0.15) is 13.2 Å². The van der Waals surface area contributed by atoms with Gasteiger partial charge < -0.3 is 14.4 Å². The highest BCUT2D eigenvalue weighted by Gasteiger charge is 2.38. The SMILES string of the molecule is Cc1occc1C(=O)N1CCCn2c(nc(CN3CCCC3)cc2=O)C1.O=C(O)C(F)(F)F. The second kappa shape index (κ2) is 10.2. The van der Waals surface area contributed by atoms with E-state index >= 15 is 0 Å². The van der Waals surface area contributed by atoms with E-state index in [0.29, 0.717) is 43.3 Å². The highest BCUT2D eigenvalue weighted by Crippen LogP contribution is 2.17. The van der Waals surface area contributed by atoms with Gasteiger partial charge in [-0.15, -0.1) is 0 Å². The third-order valence-corrected chi connectivity index (χ3v) is 5.49. The van der Waals surface area contributed by atoms with E-state index in [9.17, 15) is 22.8 Å². The van der Waals surface area contributed by atoms with Crippen LogP contribution < -0.4 is 5.56 Å². The molecule has 2 aliphatic heterocycles. The van der Waals surface area contributed by atoms with Crippen molar-refractivity contribution in [1.82, 2.24) is 19.4 Å². The van der Waals surface area contributed by atoms with Crippen molar-refractivity contribution in [2.75, 3.05) is 19.6 Å². The van der Waals surface area contributed by atoms with Gasteiger partial charge in [0.25, 0.3) is 11.5 Å². The molecule has 0 atom stereocenters. The quantitative estimate of drug-likeness (QED) is 0.734. The molecule has 0 saturated carbocycles. The Labute approximate surface area is 187 Å². The molecule has 2 aliphatic rings. The Morgan fingerprint density at radius 3 is 2.39 bits per heavy atom. The van der Waals surface area contributed by atoms with Crippen molar-refractivity contribution in [3.63, 3.8) is 0 Å². The van der Waals surface area contributed by atoms with Crippen LogP contribution in [0, 0.1) is 6.92 Å². The van der Waals surface area contributed by atoms with Gasteiger partial charge in [0, 0.05) is 25.7 Å². The maximum Gasteiger partial charge on any atom is 0.490 e. The number of aryl methyl sites for hydroxylation is 1. The number of nitrogens with zero attached hydrogens (tertiary/aromatic N) is 4. The Kier molecular flexibility index (Phi) is 7.57. The van der Waals surface area contributed by atoms with Crippen LogP contribution in [0.15, 0.2) is 27.6 Å². The number of aromatic nitrogens is 2. The largest absolute Gasteiger partial charge is 0.490 e. The molecular weight excluding hydrogens is 445 g/mol. The first-order valence-corrected chi connectivity index (χ1v) is 10.5. The van der Waals surface area contributed by atoms with E-state index in [1.54, 1.807) is 28.5 Å². The van der Waals surface area contributed by atoms with E-state index in [1.807, 2.05) is 0 Å². The maximum absolute atomic E-state index is 12.8. The van der Waals surface area contributed by atoms with Crippen LogP contribution in [0.3, 0.4) is 0 Å². The number of carbonyl (C=O) groups excluding carboxylic acids is 1. The third-order valence-electron chi connectivity index (χ3n) is 5.49. The first kappa shape index (κ1) is 24.5. The molecule has 4 rings (SSSR count). The first-order chi connectivity index (χ1) is 15.6. The van der Waals surface area contributed by atoms with Crippen molar-refractivity contribution < 1.29 is 32.3 Å². The van der Waals surface area contributed by atoms with Crippen molar-refractivity contribution in [3.8, 4) is 0 Å². The molecule has 0 aromatic carbocycles. The standard InChI is InChI=1S/C19H24N4O3.C2HF3O2/c1-14-16(5-10-26-14)19(25)22-8-4-9-23-17(13-22)20-15(11-18(23)24)12-21-6-2-3-7-21;3-2(4,5)1(6)7/h5,10-11H,2-4,6-9,12-13H2,1H3;(H,6,7). The van der Waals surface area contributed by atoms with Crippen molar-refractivity contribution in [1.29, 1.82) is 0 Å². The number of rotatable bonds is 3. The zero-order chi connectivity index (χ0) is 24.2. The summed E-state index contributed by atoms with van der Waals surface area (Å²) in [7, 11) is 0. The summed E-state index contributed by atoms with van der Waals surface area (Å²) in [5.41, 5.74) is 1.36. The number of aliphatic carboxylic acids is 1. The predicted octanol–water partition coefficient (Wildman–Crippen LogP) is 2.42. The summed E-state index contributed by atoms with van der Waals surface area (Å²) in [6.07, 6.45) is -0.402. The third kappa shape index (κ3) is 6.21. The highest BCUT2D eigenvalue weighted by atomic mass is 19.4. The van der Waals surface area contributed by atoms with E-state index in [2.05, 4.69) is 4.90 Å². The number of hydrogen-bond acceptors (Lipinski definition) is 6. The number of halogens is 3. The van der Waals surface area contributed by atoms with Gasteiger partial charge >= 0.3 is 12.1 Å². The van der Waals surface area contributed by atoms with Crippen LogP contribution in [-0.4, -0.2) is 62.1 Å². The molecule has 0 bridgehead atoms. The zero-order valence-electron chi connectivity index (χ0n) is 18.1. The molecule has 0 aliphatic carbocycles. The average molecular weight is 470 g/mol. The molecule has 1 amide bonds. The molecule has 2 aromatic heterocycles. The number of hydrogen-bond donors (Lipinski definition) is 1. The molecular formula is C21H25F3N4O5. The van der Waals surface area contributed by atoms with Gasteiger partial charge in [0.2, 0.25) is 0 Å². The molecule has 0 spiro atoms. The molecule has 9 nitrogen and oxygen atoms in total. The Bertz CT molecular complexity index is 1060. The number of carboxylic acid groups (broad SMARTS) is 1. The molecule has 0 unspecified atom stereocenters. The Morgan fingerprint density at radius 2 is 1.82 bits per heavy atom. The van der Waals surface area contributed by atoms with Gasteiger partial charge in [0.15, 0.2) is 0 Å². The lowest BCUT2D eigenvalue weighted by molar-refractivity contribution is -0.192. The predicted molar refractivity (Wildman–Crippen MR) is 110 cm³/mol. The Morgan fingerprint density at radius 1 is 1.15 bits per heavy atom. The first-order valence-electron chi connectivity index (χ1n) is 10.5. The normalized spacial score (nSPS) is 16.5. The van der Waals surface area contributed by atoms with E-state index in [0.717, 1.165) is 25.2 Å². The summed E-state index contributed by atoms with van der Waals surface area (Å²) in [5, 5.41) is 7.12. The average Bonchev–Trinajstić information content (AvgIpc) is 3.34. The van der Waals surface area contributed by atoms with Gasteiger partial charge in [0.1, 0.15) is 11.6 Å². The summed E-state index contributed by atoms with van der Waals surface area (Å²) in [6.45, 7) is 6.17. The molecule has 180 valence electrons. The molecule has 1 saturated heterocycles. The molecule has 2 aromatic rings. The molecule has 1 N–H and O–H groups in total. The molecule has 1 fully saturated rings. The Balaban J connectivity index is 0.000000383. The van der Waals surface area contributed by atoms with E-state index < -0.39 is 12.1 Å². The number of furan rings is 1. The molecule has 12 heteroatoms. The fourth-order valence-electron chi connectivity index (χ4n) is 3.84. The molecule has 0 radical (unpaired) electrons. The van der Waals surface area contributed by atoms with Gasteiger partial charge in [0.05, 0.1) is 24.1 Å². The lowest BCUT2D eigenvalue weighted by Crippen LogP contribution is -2.32. The number of carbonyl (C=O) groups is 2. The second-order valence-electron chi connectivity index (χ2n) is 7.91. The van der Waals surface area contributed by atoms with Gasteiger partial charge in [-0.1, -0.05) is 0 Å². The maximum atomic E-state index is 12.8. The minimum absolute atomic E-state index is 0.0158. The van der Waals surface area contributed by atoms with Crippen LogP contribution in [0.1, 0.15) is 46.9 Å². The fraction of sp³-hybridized carbons (Fsp3) is 0.524. The van der Waals surface area contributed by atoms with Crippen LogP contribution in [0.2, 0.25) is 0 Å². The van der Waals surface area contributed by atoms with Gasteiger partial charge in [-0.3, -0.25) is 19.1 Å². The minimum atomic E-state index is -5.08. The van der Waals surface area contributed by atoms with Gasteiger partial charge in [-0.25, -0.2) is 9.78 Å². The van der Waals surface area contributed by atoms with Crippen molar-refractivity contribution in [3.05, 3.63) is 51.6 Å². The monoisotopic (exact) mass is 470 g/mol. The topological polar surface area (TPSA) is 109 Å².